The van der Waals surface area contributed by atoms with Crippen LogP contribution in [0.1, 0.15) is 38.8 Å². The van der Waals surface area contributed by atoms with Crippen LogP contribution >= 0.6 is 0 Å². The van der Waals surface area contributed by atoms with Crippen molar-refractivity contribution >= 4 is 29.7 Å². The maximum Gasteiger partial charge on any atom is 0.435 e. The first kappa shape index (κ1) is 30.0. The first-order valence-electron chi connectivity index (χ1n) is 13.8. The molecule has 0 radical (unpaired) electrons. The summed E-state index contributed by atoms with van der Waals surface area (Å²) < 4.78 is 16.3. The molecular weight excluding hydrogens is 526 g/mol. The van der Waals surface area contributed by atoms with Gasteiger partial charge < -0.3 is 19.9 Å². The number of hydrogen-bond donors (Lipinski definition) is 1. The number of benzene rings is 2. The van der Waals surface area contributed by atoms with E-state index in [9.17, 15) is 14.4 Å². The fourth-order valence-electron chi connectivity index (χ4n) is 4.71. The lowest BCUT2D eigenvalue weighted by molar-refractivity contribution is -0.161. The van der Waals surface area contributed by atoms with E-state index >= 15 is 0 Å². The number of nitrogens with zero attached hydrogens (tertiary/aromatic N) is 4. The molecule has 2 atom stereocenters. The highest BCUT2D eigenvalue weighted by Gasteiger charge is 2.35. The van der Waals surface area contributed by atoms with E-state index in [1.165, 1.54) is 0 Å². The Kier molecular flexibility index (Phi) is 9.61. The smallest absolute Gasteiger partial charge is 0.435 e. The lowest BCUT2D eigenvalue weighted by atomic mass is 10.1. The fourth-order valence-corrected chi connectivity index (χ4v) is 4.71. The molecule has 11 nitrogen and oxygen atoms in total. The zero-order valence-electron chi connectivity index (χ0n) is 24.1. The minimum absolute atomic E-state index is 0.0246. The van der Waals surface area contributed by atoms with Crippen molar-refractivity contribution in [3.8, 4) is 0 Å². The second kappa shape index (κ2) is 13.1. The van der Waals surface area contributed by atoms with Crippen molar-refractivity contribution < 1.29 is 28.6 Å². The van der Waals surface area contributed by atoms with Gasteiger partial charge in [0.05, 0.1) is 6.54 Å². The summed E-state index contributed by atoms with van der Waals surface area (Å²) in [5.74, 6) is -0.190. The van der Waals surface area contributed by atoms with Gasteiger partial charge in [0.1, 0.15) is 30.2 Å². The maximum atomic E-state index is 12.6. The topological polar surface area (TPSA) is 127 Å². The van der Waals surface area contributed by atoms with Crippen LogP contribution in [0.3, 0.4) is 0 Å². The molecule has 2 aliphatic heterocycles. The number of ether oxygens (including phenoxy) is 3. The summed E-state index contributed by atoms with van der Waals surface area (Å²) in [4.78, 5) is 46.9. The summed E-state index contributed by atoms with van der Waals surface area (Å²) in [6, 6.07) is 15.9. The molecule has 0 aliphatic carbocycles. The van der Waals surface area contributed by atoms with Gasteiger partial charge in [-0.25, -0.2) is 9.59 Å². The lowest BCUT2D eigenvalue weighted by Gasteiger charge is -2.38. The number of nitrogens with two attached hydrogens (primary N) is 1. The van der Waals surface area contributed by atoms with Crippen LogP contribution in [0.25, 0.3) is 0 Å². The highest BCUT2D eigenvalue weighted by Crippen LogP contribution is 2.23. The van der Waals surface area contributed by atoms with Gasteiger partial charge in [-0.2, -0.15) is 4.99 Å². The number of aliphatic imine (C=N–C) groups is 1. The Bertz CT molecular complexity index is 1240. The molecule has 2 aromatic rings. The summed E-state index contributed by atoms with van der Waals surface area (Å²) in [5, 5.41) is 0. The number of rotatable bonds is 8. The quantitative estimate of drug-likeness (QED) is 0.222. The standard InChI is InChI=1S/C30H39N5O6/c1-21(27(36)41-30(2,3)4)34-16-14-33(15-17-34)18-25-19-35(29(38)40-25)24-12-10-23(11-13-24)26(31)32-28(37)39-20-22-8-6-5-7-9-22/h5-13,21,25H,14-20H2,1-4H3,(H2,31,32,37). The number of esters is 1. The molecule has 0 bridgehead atoms. The van der Waals surface area contributed by atoms with Crippen molar-refractivity contribution in [1.29, 1.82) is 0 Å². The first-order valence-corrected chi connectivity index (χ1v) is 13.8. The van der Waals surface area contributed by atoms with Crippen molar-refractivity contribution in [2.24, 2.45) is 10.7 Å². The molecule has 11 heteroatoms. The van der Waals surface area contributed by atoms with Gasteiger partial charge in [-0.1, -0.05) is 30.3 Å². The third kappa shape index (κ3) is 8.51. The first-order chi connectivity index (χ1) is 19.5. The zero-order valence-corrected chi connectivity index (χ0v) is 24.1. The number of anilines is 1. The van der Waals surface area contributed by atoms with Crippen molar-refractivity contribution in [3.63, 3.8) is 0 Å². The van der Waals surface area contributed by atoms with Crippen LogP contribution in [0, 0.1) is 0 Å². The Labute approximate surface area is 240 Å². The Morgan fingerprint density at radius 3 is 2.34 bits per heavy atom. The van der Waals surface area contributed by atoms with Crippen molar-refractivity contribution in [2.75, 3.05) is 44.2 Å². The van der Waals surface area contributed by atoms with E-state index in [1.54, 1.807) is 29.2 Å². The molecule has 220 valence electrons. The van der Waals surface area contributed by atoms with Crippen LogP contribution < -0.4 is 10.6 Å². The molecule has 2 saturated heterocycles. The van der Waals surface area contributed by atoms with E-state index in [4.69, 9.17) is 19.9 Å². The summed E-state index contributed by atoms with van der Waals surface area (Å²) in [5.41, 5.74) is 7.54. The maximum absolute atomic E-state index is 12.6. The molecule has 0 spiro atoms. The molecule has 4 rings (SSSR count). The second-order valence-corrected chi connectivity index (χ2v) is 11.2. The summed E-state index contributed by atoms with van der Waals surface area (Å²) in [6.07, 6.45) is -1.46. The molecule has 2 unspecified atom stereocenters. The highest BCUT2D eigenvalue weighted by atomic mass is 16.6. The second-order valence-electron chi connectivity index (χ2n) is 11.2. The summed E-state index contributed by atoms with van der Waals surface area (Å²) in [6.45, 7) is 11.6. The molecular formula is C30H39N5O6. The number of carbonyl (C=O) groups excluding carboxylic acids is 3. The van der Waals surface area contributed by atoms with E-state index in [-0.39, 0.29) is 30.6 Å². The van der Waals surface area contributed by atoms with Gasteiger partial charge >= 0.3 is 18.2 Å². The molecule has 41 heavy (non-hydrogen) atoms. The van der Waals surface area contributed by atoms with Gasteiger partial charge in [-0.05, 0) is 57.5 Å². The highest BCUT2D eigenvalue weighted by molar-refractivity contribution is 6.03. The van der Waals surface area contributed by atoms with E-state index in [0.717, 1.165) is 31.7 Å². The number of carbonyl (C=O) groups is 3. The minimum Gasteiger partial charge on any atom is -0.459 e. The summed E-state index contributed by atoms with van der Waals surface area (Å²) in [7, 11) is 0. The van der Waals surface area contributed by atoms with Gasteiger partial charge in [-0.15, -0.1) is 0 Å². The largest absolute Gasteiger partial charge is 0.459 e. The van der Waals surface area contributed by atoms with Gasteiger partial charge in [0.2, 0.25) is 0 Å². The van der Waals surface area contributed by atoms with Gasteiger partial charge in [0, 0.05) is 44.0 Å². The van der Waals surface area contributed by atoms with Gasteiger partial charge in [-0.3, -0.25) is 19.5 Å². The van der Waals surface area contributed by atoms with E-state index in [0.29, 0.717) is 24.3 Å². The molecule has 0 saturated carbocycles. The van der Waals surface area contributed by atoms with Crippen molar-refractivity contribution in [3.05, 3.63) is 65.7 Å². The van der Waals surface area contributed by atoms with E-state index in [1.807, 2.05) is 58.0 Å². The Morgan fingerprint density at radius 2 is 1.71 bits per heavy atom. The SMILES string of the molecule is CC(C(=O)OC(C)(C)C)N1CCN(CC2CN(c3ccc(C(N)=NC(=O)OCc4ccccc4)cc3)C(=O)O2)CC1. The fraction of sp³-hybridized carbons (Fsp3) is 0.467. The Morgan fingerprint density at radius 1 is 1.05 bits per heavy atom. The van der Waals surface area contributed by atoms with Crippen LogP contribution in [0.4, 0.5) is 15.3 Å². The van der Waals surface area contributed by atoms with Crippen LogP contribution in [-0.2, 0) is 25.6 Å². The van der Waals surface area contributed by atoms with Crippen LogP contribution in [0.15, 0.2) is 59.6 Å². The molecule has 2 N–H and O–H groups in total. The number of cyclic esters (lactones) is 1. The molecule has 2 fully saturated rings. The van der Waals surface area contributed by atoms with Gasteiger partial charge in [0.25, 0.3) is 0 Å². The third-order valence-electron chi connectivity index (χ3n) is 6.93. The van der Waals surface area contributed by atoms with Crippen LogP contribution in [-0.4, -0.2) is 90.8 Å². The summed E-state index contributed by atoms with van der Waals surface area (Å²) >= 11 is 0. The normalized spacial score (nSPS) is 19.5. The molecule has 0 aromatic heterocycles. The van der Waals surface area contributed by atoms with E-state index in [2.05, 4.69) is 14.8 Å². The molecule has 2 aliphatic rings. The Hall–Kier alpha value is -3.96. The average Bonchev–Trinajstić information content (AvgIpc) is 3.31. The molecule has 2 amide bonds. The number of amidine groups is 1. The minimum atomic E-state index is -0.776. The van der Waals surface area contributed by atoms with Crippen LogP contribution in [0.5, 0.6) is 0 Å². The molecule has 2 heterocycles. The lowest BCUT2D eigenvalue weighted by Crippen LogP contribution is -2.54. The molecule has 2 aromatic carbocycles. The number of amides is 2. The monoisotopic (exact) mass is 565 g/mol. The number of hydrogen-bond acceptors (Lipinski definition) is 8. The van der Waals surface area contributed by atoms with Crippen molar-refractivity contribution in [1.82, 2.24) is 9.80 Å². The predicted molar refractivity (Wildman–Crippen MR) is 155 cm³/mol. The van der Waals surface area contributed by atoms with Gasteiger partial charge in [0.15, 0.2) is 0 Å². The zero-order chi connectivity index (χ0) is 29.6. The number of piperazine rings is 1. The van der Waals surface area contributed by atoms with E-state index < -0.39 is 17.8 Å². The Balaban J connectivity index is 1.24. The third-order valence-corrected chi connectivity index (χ3v) is 6.93. The average molecular weight is 566 g/mol. The predicted octanol–water partition coefficient (Wildman–Crippen LogP) is 3.40. The van der Waals surface area contributed by atoms with Crippen molar-refractivity contribution in [2.45, 2.75) is 52.0 Å². The van der Waals surface area contributed by atoms with Crippen LogP contribution in [0.2, 0.25) is 0 Å².